The quantitative estimate of drug-likeness (QED) is 0.597. The molecule has 0 N–H and O–H groups in total. The Morgan fingerprint density at radius 1 is 1.54 bits per heavy atom. The first-order valence-corrected chi connectivity index (χ1v) is 4.67. The molecule has 13 heavy (non-hydrogen) atoms. The molecule has 0 aromatic rings. The van der Waals surface area contributed by atoms with E-state index in [0.29, 0.717) is 5.92 Å². The van der Waals surface area contributed by atoms with Gasteiger partial charge in [-0.1, -0.05) is 32.2 Å². The van der Waals surface area contributed by atoms with Gasteiger partial charge in [-0.2, -0.15) is 0 Å². The zero-order valence-corrected chi connectivity index (χ0v) is 8.76. The van der Waals surface area contributed by atoms with Gasteiger partial charge in [0.15, 0.2) is 0 Å². The van der Waals surface area contributed by atoms with Crippen LogP contribution in [0.1, 0.15) is 27.2 Å². The molecule has 0 radical (unpaired) electrons. The van der Waals surface area contributed by atoms with Gasteiger partial charge in [0.2, 0.25) is 0 Å². The van der Waals surface area contributed by atoms with Crippen molar-refractivity contribution in [2.24, 2.45) is 5.92 Å². The lowest BCUT2D eigenvalue weighted by Crippen LogP contribution is -2.32. The van der Waals surface area contributed by atoms with Crippen LogP contribution in [0.2, 0.25) is 0 Å². The van der Waals surface area contributed by atoms with Gasteiger partial charge < -0.3 is 4.74 Å². The summed E-state index contributed by atoms with van der Waals surface area (Å²) in [5, 5.41) is 0. The van der Waals surface area contributed by atoms with E-state index in [0.717, 1.165) is 12.2 Å². The van der Waals surface area contributed by atoms with Crippen molar-refractivity contribution >= 4 is 0 Å². The van der Waals surface area contributed by atoms with Gasteiger partial charge >= 0.3 is 0 Å². The Balaban J connectivity index is 2.89. The fourth-order valence-electron chi connectivity index (χ4n) is 1.94. The SMILES string of the molecule is C=C/C=C1\C(=C)OC(C)(C)C[C@@H]1C. The fraction of sp³-hybridized carbons (Fsp3) is 0.500. The zero-order valence-electron chi connectivity index (χ0n) is 8.76. The minimum Gasteiger partial charge on any atom is -0.488 e. The summed E-state index contributed by atoms with van der Waals surface area (Å²) >= 11 is 0. The van der Waals surface area contributed by atoms with E-state index in [9.17, 15) is 0 Å². The van der Waals surface area contributed by atoms with Gasteiger partial charge in [0.25, 0.3) is 0 Å². The Morgan fingerprint density at radius 3 is 2.62 bits per heavy atom. The molecule has 1 atom stereocenters. The molecule has 1 aliphatic heterocycles. The average molecular weight is 178 g/mol. The maximum atomic E-state index is 5.70. The van der Waals surface area contributed by atoms with Crippen LogP contribution >= 0.6 is 0 Å². The second-order valence-electron chi connectivity index (χ2n) is 4.25. The van der Waals surface area contributed by atoms with Crippen LogP contribution in [-0.2, 0) is 4.74 Å². The number of hydrogen-bond donors (Lipinski definition) is 0. The first kappa shape index (κ1) is 10.1. The number of ether oxygens (including phenoxy) is 1. The van der Waals surface area contributed by atoms with Gasteiger partial charge in [-0.15, -0.1) is 0 Å². The molecule has 0 saturated carbocycles. The molecule has 0 unspecified atom stereocenters. The van der Waals surface area contributed by atoms with Gasteiger partial charge in [0, 0.05) is 0 Å². The van der Waals surface area contributed by atoms with E-state index >= 15 is 0 Å². The van der Waals surface area contributed by atoms with Crippen molar-refractivity contribution in [2.75, 3.05) is 0 Å². The van der Waals surface area contributed by atoms with Crippen molar-refractivity contribution in [2.45, 2.75) is 32.8 Å². The normalized spacial score (nSPS) is 29.9. The Labute approximate surface area is 80.8 Å². The summed E-state index contributed by atoms with van der Waals surface area (Å²) in [5.41, 5.74) is 1.10. The van der Waals surface area contributed by atoms with Gasteiger partial charge in [-0.3, -0.25) is 0 Å². The average Bonchev–Trinajstić information content (AvgIpc) is 1.94. The summed E-state index contributed by atoms with van der Waals surface area (Å²) in [4.78, 5) is 0. The number of allylic oxidation sites excluding steroid dienone is 3. The first-order chi connectivity index (χ1) is 5.96. The third kappa shape index (κ3) is 2.24. The molecule has 0 spiro atoms. The Hall–Kier alpha value is -0.980. The van der Waals surface area contributed by atoms with Gasteiger partial charge in [0.05, 0.1) is 0 Å². The lowest BCUT2D eigenvalue weighted by Gasteiger charge is -2.37. The smallest absolute Gasteiger partial charge is 0.116 e. The second kappa shape index (κ2) is 3.41. The molecule has 1 aliphatic rings. The summed E-state index contributed by atoms with van der Waals surface area (Å²) in [7, 11) is 0. The Morgan fingerprint density at radius 2 is 2.15 bits per heavy atom. The predicted octanol–water partition coefficient (Wildman–Crippen LogP) is 3.45. The third-order valence-electron chi connectivity index (χ3n) is 2.35. The number of rotatable bonds is 1. The summed E-state index contributed by atoms with van der Waals surface area (Å²) in [6.07, 6.45) is 4.81. The highest BCUT2D eigenvalue weighted by Gasteiger charge is 2.32. The minimum absolute atomic E-state index is 0.0744. The molecule has 1 rings (SSSR count). The van der Waals surface area contributed by atoms with E-state index in [1.807, 2.05) is 6.08 Å². The molecule has 0 aromatic carbocycles. The van der Waals surface area contributed by atoms with E-state index in [1.165, 1.54) is 5.57 Å². The maximum absolute atomic E-state index is 5.70. The molecule has 1 nitrogen and oxygen atoms in total. The van der Waals surface area contributed by atoms with E-state index in [4.69, 9.17) is 4.74 Å². The van der Waals surface area contributed by atoms with Crippen LogP contribution in [0.4, 0.5) is 0 Å². The topological polar surface area (TPSA) is 9.23 Å². The monoisotopic (exact) mass is 178 g/mol. The van der Waals surface area contributed by atoms with E-state index in [1.54, 1.807) is 6.08 Å². The summed E-state index contributed by atoms with van der Waals surface area (Å²) < 4.78 is 5.70. The summed E-state index contributed by atoms with van der Waals surface area (Å²) in [6, 6.07) is 0. The summed E-state index contributed by atoms with van der Waals surface area (Å²) in [6.45, 7) is 14.0. The highest BCUT2D eigenvalue weighted by Crippen LogP contribution is 2.37. The van der Waals surface area contributed by atoms with Crippen molar-refractivity contribution in [1.29, 1.82) is 0 Å². The first-order valence-electron chi connectivity index (χ1n) is 4.67. The van der Waals surface area contributed by atoms with Gasteiger partial charge in [-0.05, 0) is 31.8 Å². The van der Waals surface area contributed by atoms with Crippen LogP contribution in [0.15, 0.2) is 36.6 Å². The Bertz CT molecular complexity index is 258. The lowest BCUT2D eigenvalue weighted by molar-refractivity contribution is 0.00174. The largest absolute Gasteiger partial charge is 0.488 e. The van der Waals surface area contributed by atoms with Crippen LogP contribution in [0, 0.1) is 5.92 Å². The maximum Gasteiger partial charge on any atom is 0.116 e. The van der Waals surface area contributed by atoms with Crippen LogP contribution in [0.25, 0.3) is 0 Å². The molecule has 1 fully saturated rings. The van der Waals surface area contributed by atoms with Crippen molar-refractivity contribution in [3.05, 3.63) is 36.6 Å². The molecular formula is C12H18O. The van der Waals surface area contributed by atoms with Gasteiger partial charge in [0.1, 0.15) is 11.4 Å². The van der Waals surface area contributed by atoms with E-state index in [2.05, 4.69) is 33.9 Å². The van der Waals surface area contributed by atoms with Crippen LogP contribution in [0.5, 0.6) is 0 Å². The van der Waals surface area contributed by atoms with Crippen LogP contribution in [-0.4, -0.2) is 5.60 Å². The molecule has 1 saturated heterocycles. The molecule has 1 heterocycles. The lowest BCUT2D eigenvalue weighted by atomic mass is 9.85. The molecule has 0 bridgehead atoms. The fourth-order valence-corrected chi connectivity index (χ4v) is 1.94. The molecule has 0 aliphatic carbocycles. The Kier molecular flexibility index (Phi) is 2.65. The third-order valence-corrected chi connectivity index (χ3v) is 2.35. The molecule has 0 amide bonds. The standard InChI is InChI=1S/C12H18O/c1-6-7-11-9(2)8-12(4,5)13-10(11)3/h6-7,9H,1,3,8H2,2,4-5H3/b11-7-/t9-/m0/s1. The van der Waals surface area contributed by atoms with Crippen LogP contribution in [0.3, 0.4) is 0 Å². The van der Waals surface area contributed by atoms with Crippen molar-refractivity contribution < 1.29 is 4.74 Å². The zero-order chi connectivity index (χ0) is 10.1. The predicted molar refractivity (Wildman–Crippen MR) is 56.4 cm³/mol. The van der Waals surface area contributed by atoms with E-state index < -0.39 is 0 Å². The van der Waals surface area contributed by atoms with Crippen LogP contribution < -0.4 is 0 Å². The molecule has 72 valence electrons. The molecule has 0 aromatic heterocycles. The van der Waals surface area contributed by atoms with Crippen molar-refractivity contribution in [3.8, 4) is 0 Å². The van der Waals surface area contributed by atoms with Crippen molar-refractivity contribution in [1.82, 2.24) is 0 Å². The molecular weight excluding hydrogens is 160 g/mol. The van der Waals surface area contributed by atoms with Gasteiger partial charge in [-0.25, -0.2) is 0 Å². The number of hydrogen-bond acceptors (Lipinski definition) is 1. The summed E-state index contributed by atoms with van der Waals surface area (Å²) in [5.74, 6) is 1.30. The second-order valence-corrected chi connectivity index (χ2v) is 4.25. The van der Waals surface area contributed by atoms with E-state index in [-0.39, 0.29) is 5.60 Å². The molecule has 1 heteroatoms. The highest BCUT2D eigenvalue weighted by molar-refractivity contribution is 5.31. The minimum atomic E-state index is -0.0744. The van der Waals surface area contributed by atoms with Crippen molar-refractivity contribution in [3.63, 3.8) is 0 Å². The highest BCUT2D eigenvalue weighted by atomic mass is 16.5.